The molecule has 0 fully saturated rings. The van der Waals surface area contributed by atoms with Crippen LogP contribution in [-0.4, -0.2) is 52.9 Å². The lowest BCUT2D eigenvalue weighted by Crippen LogP contribution is -2.53. The lowest BCUT2D eigenvalue weighted by molar-refractivity contribution is -0.124. The monoisotopic (exact) mass is 456 g/mol. The molecule has 0 aromatic carbocycles. The first kappa shape index (κ1) is 26.6. The minimum Gasteiger partial charge on any atom is -0.357 e. The largest absolute Gasteiger partial charge is 0.357 e. The van der Waals surface area contributed by atoms with Crippen molar-refractivity contribution in [3.63, 3.8) is 0 Å². The van der Waals surface area contributed by atoms with Crippen LogP contribution in [-0.2, 0) is 17.9 Å². The summed E-state index contributed by atoms with van der Waals surface area (Å²) in [4.78, 5) is 32.8. The average Bonchev–Trinajstić information content (AvgIpc) is 3.00. The van der Waals surface area contributed by atoms with E-state index in [4.69, 9.17) is 4.98 Å². The highest BCUT2D eigenvalue weighted by Crippen LogP contribution is 2.28. The Balaban J connectivity index is 2.42. The fraction of sp³-hybridized carbons (Fsp3) is 0.680. The molecule has 8 nitrogen and oxygen atoms in total. The zero-order valence-corrected chi connectivity index (χ0v) is 21.1. The molecule has 1 aromatic rings. The summed E-state index contributed by atoms with van der Waals surface area (Å²) in [6.07, 6.45) is 4.33. The Hall–Kier alpha value is -2.66. The molecule has 2 amide bonds. The minimum atomic E-state index is -0.695. The molecule has 2 heterocycles. The molecule has 0 radical (unpaired) electrons. The van der Waals surface area contributed by atoms with E-state index < -0.39 is 11.5 Å². The van der Waals surface area contributed by atoms with E-state index >= 15 is 0 Å². The van der Waals surface area contributed by atoms with Crippen LogP contribution >= 0.6 is 0 Å². The molecular formula is C25H40N6O2. The summed E-state index contributed by atoms with van der Waals surface area (Å²) in [5, 5.41) is 15.1. The number of aromatic nitrogens is 2. The maximum atomic E-state index is 13.4. The number of carbonyl (C=O) groups is 2. The number of unbranched alkanes of at least 4 members (excludes halogenated alkanes) is 1. The second-order valence-corrected chi connectivity index (χ2v) is 10.1. The number of allylic oxidation sites excluding steroid dienone is 1. The van der Waals surface area contributed by atoms with Crippen molar-refractivity contribution in [2.75, 3.05) is 20.6 Å². The molecular weight excluding hydrogens is 416 g/mol. The van der Waals surface area contributed by atoms with Crippen molar-refractivity contribution in [2.24, 2.45) is 11.3 Å². The number of hydrogen-bond donors (Lipinski definition) is 2. The van der Waals surface area contributed by atoms with Gasteiger partial charge in [0.05, 0.1) is 17.7 Å². The Morgan fingerprint density at radius 3 is 2.58 bits per heavy atom. The fourth-order valence-corrected chi connectivity index (χ4v) is 4.24. The van der Waals surface area contributed by atoms with Gasteiger partial charge in [0, 0.05) is 20.1 Å². The molecule has 0 saturated carbocycles. The number of carbonyl (C=O) groups excluding carboxylic acids is 2. The zero-order valence-electron chi connectivity index (χ0n) is 21.1. The highest BCUT2D eigenvalue weighted by atomic mass is 16.2. The third kappa shape index (κ3) is 6.67. The number of fused-ring (bicyclic) bond motifs is 1. The van der Waals surface area contributed by atoms with Gasteiger partial charge < -0.3 is 20.1 Å². The van der Waals surface area contributed by atoms with Crippen molar-refractivity contribution >= 4 is 17.4 Å². The predicted octanol–water partition coefficient (Wildman–Crippen LogP) is 3.34. The van der Waals surface area contributed by atoms with Gasteiger partial charge in [-0.3, -0.25) is 9.59 Å². The smallest absolute Gasteiger partial charge is 0.272 e. The van der Waals surface area contributed by atoms with E-state index in [1.807, 2.05) is 27.8 Å². The Labute approximate surface area is 198 Å². The van der Waals surface area contributed by atoms with Crippen molar-refractivity contribution < 1.29 is 9.59 Å². The topological polar surface area (TPSA) is 103 Å². The lowest BCUT2D eigenvalue weighted by Gasteiger charge is -2.29. The number of amides is 2. The van der Waals surface area contributed by atoms with Gasteiger partial charge in [0.25, 0.3) is 5.91 Å². The van der Waals surface area contributed by atoms with E-state index in [0.717, 1.165) is 50.0 Å². The third-order valence-electron chi connectivity index (χ3n) is 6.18. The minimum absolute atomic E-state index is 0.116. The first-order valence-corrected chi connectivity index (χ1v) is 11.9. The first-order valence-electron chi connectivity index (χ1n) is 11.9. The number of hydrogen-bond acceptors (Lipinski definition) is 5. The van der Waals surface area contributed by atoms with E-state index in [-0.39, 0.29) is 17.7 Å². The standard InChI is InChI=1S/C25H40N6O2/c1-8-9-11-18(15-26)14-17(2)22-28-20(19-16-30(7)12-10-13-31(19)22)23(32)29-21(24(33)27-6)25(3,4)5/h18,21H,2,8-14,16H2,1,3-7H3,(H,27,33)(H,29,32)/t18?,21-/m1/s1. The average molecular weight is 457 g/mol. The summed E-state index contributed by atoms with van der Waals surface area (Å²) in [6.45, 7) is 14.3. The van der Waals surface area contributed by atoms with E-state index in [2.05, 4.69) is 39.7 Å². The summed E-state index contributed by atoms with van der Waals surface area (Å²) in [6, 6.07) is 1.70. The van der Waals surface area contributed by atoms with Crippen molar-refractivity contribution in [1.29, 1.82) is 5.26 Å². The van der Waals surface area contributed by atoms with E-state index in [0.29, 0.717) is 24.5 Å². The second kappa shape index (κ2) is 11.5. The molecule has 0 spiro atoms. The third-order valence-corrected chi connectivity index (χ3v) is 6.18. The van der Waals surface area contributed by atoms with Gasteiger partial charge in [-0.25, -0.2) is 4.98 Å². The molecule has 33 heavy (non-hydrogen) atoms. The van der Waals surface area contributed by atoms with Crippen LogP contribution < -0.4 is 10.6 Å². The van der Waals surface area contributed by atoms with Gasteiger partial charge in [-0.05, 0) is 43.8 Å². The molecule has 0 bridgehead atoms. The Bertz CT molecular complexity index is 905. The quantitative estimate of drug-likeness (QED) is 0.593. The lowest BCUT2D eigenvalue weighted by atomic mass is 9.86. The normalized spacial score (nSPS) is 16.2. The summed E-state index contributed by atoms with van der Waals surface area (Å²) in [5.41, 5.74) is 1.48. The van der Waals surface area contributed by atoms with Crippen LogP contribution in [0.4, 0.5) is 0 Å². The van der Waals surface area contributed by atoms with E-state index in [1.54, 1.807) is 7.05 Å². The maximum Gasteiger partial charge on any atom is 0.272 e. The molecule has 1 aliphatic heterocycles. The van der Waals surface area contributed by atoms with Crippen LogP contribution in [0.2, 0.25) is 0 Å². The first-order chi connectivity index (χ1) is 15.5. The summed E-state index contributed by atoms with van der Waals surface area (Å²) >= 11 is 0. The van der Waals surface area contributed by atoms with Gasteiger partial charge in [-0.15, -0.1) is 0 Å². The van der Waals surface area contributed by atoms with Gasteiger partial charge in [-0.1, -0.05) is 47.1 Å². The van der Waals surface area contributed by atoms with Gasteiger partial charge in [0.2, 0.25) is 5.91 Å². The van der Waals surface area contributed by atoms with Crippen molar-refractivity contribution in [1.82, 2.24) is 25.1 Å². The molecule has 182 valence electrons. The van der Waals surface area contributed by atoms with Crippen molar-refractivity contribution in [2.45, 2.75) is 78.9 Å². The Morgan fingerprint density at radius 1 is 1.30 bits per heavy atom. The summed E-state index contributed by atoms with van der Waals surface area (Å²) in [7, 11) is 3.59. The highest BCUT2D eigenvalue weighted by molar-refractivity contribution is 5.97. The number of imidazole rings is 1. The number of nitriles is 1. The maximum absolute atomic E-state index is 13.4. The predicted molar refractivity (Wildman–Crippen MR) is 130 cm³/mol. The molecule has 2 N–H and O–H groups in total. The number of rotatable bonds is 9. The Kier molecular flexibility index (Phi) is 9.24. The van der Waals surface area contributed by atoms with Crippen LogP contribution in [0.15, 0.2) is 6.58 Å². The molecule has 1 aliphatic rings. The molecule has 8 heteroatoms. The van der Waals surface area contributed by atoms with Gasteiger partial charge >= 0.3 is 0 Å². The fourth-order valence-electron chi connectivity index (χ4n) is 4.24. The van der Waals surface area contributed by atoms with Crippen LogP contribution in [0.1, 0.15) is 81.8 Å². The Morgan fingerprint density at radius 2 is 2.00 bits per heavy atom. The van der Waals surface area contributed by atoms with Crippen molar-refractivity contribution in [3.8, 4) is 6.07 Å². The van der Waals surface area contributed by atoms with Crippen LogP contribution in [0.3, 0.4) is 0 Å². The number of nitrogens with one attached hydrogen (secondary N) is 2. The SMILES string of the molecule is C=C(CC(C#N)CCCC)c1nc(C(=O)N[C@H](C(=O)NC)C(C)(C)C)c2n1CCCN(C)C2. The van der Waals surface area contributed by atoms with Crippen LogP contribution in [0, 0.1) is 22.7 Å². The number of likely N-dealkylation sites (N-methyl/N-ethyl adjacent to an activating group) is 1. The summed E-state index contributed by atoms with van der Waals surface area (Å²) < 4.78 is 2.08. The van der Waals surface area contributed by atoms with Gasteiger partial charge in [-0.2, -0.15) is 5.26 Å². The molecule has 0 saturated heterocycles. The van der Waals surface area contributed by atoms with E-state index in [9.17, 15) is 14.9 Å². The molecule has 1 unspecified atom stereocenters. The number of nitrogens with zero attached hydrogens (tertiary/aromatic N) is 4. The zero-order chi connectivity index (χ0) is 24.8. The molecule has 2 rings (SSSR count). The summed E-state index contributed by atoms with van der Waals surface area (Å²) in [5.74, 6) is -0.0424. The van der Waals surface area contributed by atoms with Crippen LogP contribution in [0.25, 0.3) is 5.57 Å². The van der Waals surface area contributed by atoms with E-state index in [1.165, 1.54) is 0 Å². The van der Waals surface area contributed by atoms with Gasteiger partial charge in [0.1, 0.15) is 11.9 Å². The highest BCUT2D eigenvalue weighted by Gasteiger charge is 2.34. The van der Waals surface area contributed by atoms with Crippen molar-refractivity contribution in [3.05, 3.63) is 23.8 Å². The second-order valence-electron chi connectivity index (χ2n) is 10.1. The molecule has 2 atom stereocenters. The molecule has 1 aromatic heterocycles. The van der Waals surface area contributed by atoms with Gasteiger partial charge in [0.15, 0.2) is 5.69 Å². The molecule has 0 aliphatic carbocycles. The van der Waals surface area contributed by atoms with Crippen LogP contribution in [0.5, 0.6) is 0 Å².